The molecule has 39 heavy (non-hydrogen) atoms. The molecule has 0 spiro atoms. The zero-order valence-electron chi connectivity index (χ0n) is 23.6. The second-order valence-corrected chi connectivity index (χ2v) is 9.48. The average Bonchev–Trinajstić information content (AvgIpc) is 2.91. The van der Waals surface area contributed by atoms with Crippen molar-refractivity contribution in [3.8, 4) is 5.88 Å². The lowest BCUT2D eigenvalue weighted by Gasteiger charge is -2.24. The predicted molar refractivity (Wildman–Crippen MR) is 152 cm³/mol. The molecule has 0 aliphatic carbocycles. The number of pyridine rings is 1. The molecule has 1 aromatic carbocycles. The fourth-order valence-electron chi connectivity index (χ4n) is 3.06. The number of aromatic nitrogens is 1. The molecule has 0 fully saturated rings. The number of ether oxygens (including phenoxy) is 6. The van der Waals surface area contributed by atoms with Crippen molar-refractivity contribution in [3.63, 3.8) is 0 Å². The van der Waals surface area contributed by atoms with Crippen LogP contribution in [0.5, 0.6) is 5.88 Å². The van der Waals surface area contributed by atoms with Crippen LogP contribution in [0.4, 0.5) is 10.5 Å². The van der Waals surface area contributed by atoms with Crippen LogP contribution in [0, 0.1) is 0 Å². The topological polar surface area (TPSA) is 115 Å². The van der Waals surface area contributed by atoms with Crippen LogP contribution >= 0.6 is 0 Å². The predicted octanol–water partition coefficient (Wildman–Crippen LogP) is 4.03. The first-order valence-electron chi connectivity index (χ1n) is 13.1. The Labute approximate surface area is 232 Å². The van der Waals surface area contributed by atoms with E-state index in [-0.39, 0.29) is 0 Å². The molecular formula is C29H43N3O7. The van der Waals surface area contributed by atoms with Gasteiger partial charge in [0.2, 0.25) is 5.88 Å². The van der Waals surface area contributed by atoms with Gasteiger partial charge in [-0.05, 0) is 50.1 Å². The summed E-state index contributed by atoms with van der Waals surface area (Å²) in [6, 6.07) is 11.4. The van der Waals surface area contributed by atoms with E-state index in [1.807, 2.05) is 69.3 Å². The number of nitrogens with two attached hydrogens (primary N) is 1. The van der Waals surface area contributed by atoms with Gasteiger partial charge in [0.25, 0.3) is 0 Å². The molecule has 216 valence electrons. The van der Waals surface area contributed by atoms with E-state index < -0.39 is 11.7 Å². The van der Waals surface area contributed by atoms with E-state index in [0.29, 0.717) is 71.9 Å². The van der Waals surface area contributed by atoms with Gasteiger partial charge < -0.3 is 34.2 Å². The molecule has 0 saturated carbocycles. The van der Waals surface area contributed by atoms with E-state index in [4.69, 9.17) is 34.2 Å². The summed E-state index contributed by atoms with van der Waals surface area (Å²) in [6.45, 7) is 10.5. The van der Waals surface area contributed by atoms with Gasteiger partial charge in [0.15, 0.2) is 0 Å². The summed E-state index contributed by atoms with van der Waals surface area (Å²) in [6.07, 6.45) is 5.30. The molecule has 0 unspecified atom stereocenters. The first-order chi connectivity index (χ1) is 18.8. The Morgan fingerprint density at radius 1 is 0.795 bits per heavy atom. The monoisotopic (exact) mass is 545 g/mol. The lowest BCUT2D eigenvalue weighted by Crippen LogP contribution is -2.34. The lowest BCUT2D eigenvalue weighted by atomic mass is 10.1. The third-order valence-corrected chi connectivity index (χ3v) is 5.03. The number of carbonyl (C=O) groups is 1. The van der Waals surface area contributed by atoms with E-state index in [0.717, 1.165) is 16.8 Å². The summed E-state index contributed by atoms with van der Waals surface area (Å²) in [5, 5.41) is 0. The van der Waals surface area contributed by atoms with Crippen LogP contribution in [0.1, 0.15) is 31.9 Å². The minimum Gasteiger partial charge on any atom is -0.475 e. The van der Waals surface area contributed by atoms with Crippen molar-refractivity contribution in [2.45, 2.75) is 26.4 Å². The Morgan fingerprint density at radius 3 is 1.82 bits per heavy atom. The molecule has 10 nitrogen and oxygen atoms in total. The zero-order valence-corrected chi connectivity index (χ0v) is 23.6. The number of carbonyl (C=O) groups excluding carboxylic acids is 1. The maximum absolute atomic E-state index is 12.2. The summed E-state index contributed by atoms with van der Waals surface area (Å²) in [5.41, 5.74) is 7.49. The summed E-state index contributed by atoms with van der Waals surface area (Å²) >= 11 is 0. The van der Waals surface area contributed by atoms with E-state index in [1.54, 1.807) is 13.2 Å². The Hall–Kier alpha value is -3.02. The van der Waals surface area contributed by atoms with Crippen molar-refractivity contribution in [2.24, 2.45) is 5.73 Å². The van der Waals surface area contributed by atoms with Gasteiger partial charge in [-0.25, -0.2) is 9.78 Å². The van der Waals surface area contributed by atoms with Crippen LogP contribution in [-0.2, 0) is 23.7 Å². The molecule has 0 bridgehead atoms. The third kappa shape index (κ3) is 14.6. The molecule has 0 saturated heterocycles. The smallest absolute Gasteiger partial charge is 0.414 e. The van der Waals surface area contributed by atoms with Gasteiger partial charge in [0, 0.05) is 31.5 Å². The largest absolute Gasteiger partial charge is 0.475 e. The van der Waals surface area contributed by atoms with Crippen LogP contribution in [0.15, 0.2) is 42.6 Å². The zero-order chi connectivity index (χ0) is 28.3. The highest BCUT2D eigenvalue weighted by Crippen LogP contribution is 2.19. The van der Waals surface area contributed by atoms with Gasteiger partial charge in [0.05, 0.1) is 52.9 Å². The molecule has 0 radical (unpaired) electrons. The normalized spacial score (nSPS) is 11.6. The highest BCUT2D eigenvalue weighted by molar-refractivity contribution is 5.87. The van der Waals surface area contributed by atoms with Crippen molar-refractivity contribution in [2.75, 3.05) is 78.0 Å². The molecule has 2 aromatic rings. The quantitative estimate of drug-likeness (QED) is 0.277. The number of hydrogen-bond donors (Lipinski definition) is 1. The maximum Gasteiger partial charge on any atom is 0.414 e. The molecule has 0 aliphatic heterocycles. The maximum atomic E-state index is 12.2. The number of rotatable bonds is 18. The molecule has 1 aromatic heterocycles. The molecule has 1 heterocycles. The highest BCUT2D eigenvalue weighted by atomic mass is 16.6. The van der Waals surface area contributed by atoms with Gasteiger partial charge in [-0.1, -0.05) is 24.3 Å². The molecule has 2 rings (SSSR count). The second-order valence-electron chi connectivity index (χ2n) is 9.48. The van der Waals surface area contributed by atoms with Gasteiger partial charge in [-0.15, -0.1) is 0 Å². The average molecular weight is 546 g/mol. The second kappa shape index (κ2) is 18.3. The number of amides is 1. The minimum absolute atomic E-state index is 0.391. The number of hydrogen-bond acceptors (Lipinski definition) is 9. The van der Waals surface area contributed by atoms with Crippen molar-refractivity contribution in [1.29, 1.82) is 0 Å². The standard InChI is InChI=1S/C29H43N3O7/c1-29(2,3)39-28(33)32(4)26-10-7-24(8-11-26)5-6-25-9-12-27(31-23-25)38-22-21-37-20-19-36-18-17-35-16-15-34-14-13-30/h5-12,23H,13-22,30H2,1-4H3/b6-5+. The summed E-state index contributed by atoms with van der Waals surface area (Å²) in [5.74, 6) is 0.536. The summed E-state index contributed by atoms with van der Waals surface area (Å²) in [4.78, 5) is 18.1. The van der Waals surface area contributed by atoms with Crippen LogP contribution in [0.3, 0.4) is 0 Å². The lowest BCUT2D eigenvalue weighted by molar-refractivity contribution is -0.00400. The Bertz CT molecular complexity index is 960. The van der Waals surface area contributed by atoms with Gasteiger partial charge in [-0.3, -0.25) is 4.90 Å². The van der Waals surface area contributed by atoms with E-state index in [1.165, 1.54) is 4.90 Å². The summed E-state index contributed by atoms with van der Waals surface area (Å²) < 4.78 is 32.6. The van der Waals surface area contributed by atoms with Crippen LogP contribution in [0.25, 0.3) is 12.2 Å². The fourth-order valence-corrected chi connectivity index (χ4v) is 3.06. The van der Waals surface area contributed by atoms with Gasteiger partial charge in [0.1, 0.15) is 12.2 Å². The summed E-state index contributed by atoms with van der Waals surface area (Å²) in [7, 11) is 1.69. The van der Waals surface area contributed by atoms with E-state index >= 15 is 0 Å². The SMILES string of the molecule is CN(C(=O)OC(C)(C)C)c1ccc(/C=C/c2ccc(OCCOCCOCCOCCOCCN)nc2)cc1. The molecule has 0 aliphatic rings. The Kier molecular flexibility index (Phi) is 15.1. The number of nitrogens with zero attached hydrogens (tertiary/aromatic N) is 2. The Morgan fingerprint density at radius 2 is 1.31 bits per heavy atom. The first-order valence-corrected chi connectivity index (χ1v) is 13.1. The van der Waals surface area contributed by atoms with Crippen LogP contribution in [-0.4, -0.2) is 89.7 Å². The first kappa shape index (κ1) is 32.2. The number of anilines is 1. The molecular weight excluding hydrogens is 502 g/mol. The third-order valence-electron chi connectivity index (χ3n) is 5.03. The molecule has 1 amide bonds. The highest BCUT2D eigenvalue weighted by Gasteiger charge is 2.20. The van der Waals surface area contributed by atoms with E-state index in [2.05, 4.69) is 4.98 Å². The van der Waals surface area contributed by atoms with Crippen molar-refractivity contribution < 1.29 is 33.2 Å². The Balaban J connectivity index is 1.59. The van der Waals surface area contributed by atoms with Crippen LogP contribution in [0.2, 0.25) is 0 Å². The molecule has 2 N–H and O–H groups in total. The van der Waals surface area contributed by atoms with Gasteiger partial charge in [-0.2, -0.15) is 0 Å². The number of benzene rings is 1. The minimum atomic E-state index is -0.538. The van der Waals surface area contributed by atoms with Gasteiger partial charge >= 0.3 is 6.09 Å². The van der Waals surface area contributed by atoms with Crippen molar-refractivity contribution in [1.82, 2.24) is 4.98 Å². The molecule has 10 heteroatoms. The fraction of sp³-hybridized carbons (Fsp3) is 0.517. The van der Waals surface area contributed by atoms with Crippen molar-refractivity contribution >= 4 is 23.9 Å². The van der Waals surface area contributed by atoms with Crippen molar-refractivity contribution in [3.05, 3.63) is 53.7 Å². The van der Waals surface area contributed by atoms with Crippen LogP contribution < -0.4 is 15.4 Å². The molecule has 0 atom stereocenters. The van der Waals surface area contributed by atoms with E-state index in [9.17, 15) is 4.79 Å².